The molecule has 1 amide bonds. The molecule has 182 valence electrons. The van der Waals surface area contributed by atoms with Gasteiger partial charge in [-0.25, -0.2) is 0 Å². The highest BCUT2D eigenvalue weighted by Gasteiger charge is 2.24. The van der Waals surface area contributed by atoms with Gasteiger partial charge in [0.2, 0.25) is 5.91 Å². The molecule has 0 spiro atoms. The maximum absolute atomic E-state index is 13.6. The van der Waals surface area contributed by atoms with Crippen molar-refractivity contribution in [1.82, 2.24) is 9.80 Å². The molecule has 0 radical (unpaired) electrons. The largest absolute Gasteiger partial charge is 0.464 e. The van der Waals surface area contributed by atoms with E-state index in [0.29, 0.717) is 38.3 Å². The first-order valence-corrected chi connectivity index (χ1v) is 12.3. The molecule has 3 aromatic rings. The second-order valence-electron chi connectivity index (χ2n) is 9.18. The van der Waals surface area contributed by atoms with E-state index in [2.05, 4.69) is 23.1 Å². The highest BCUT2D eigenvalue weighted by Crippen LogP contribution is 2.17. The summed E-state index contributed by atoms with van der Waals surface area (Å²) in [6.07, 6.45) is 3.01. The van der Waals surface area contributed by atoms with Gasteiger partial charge in [-0.2, -0.15) is 5.26 Å². The van der Waals surface area contributed by atoms with Gasteiger partial charge in [0.25, 0.3) is 0 Å². The molecule has 2 heterocycles. The van der Waals surface area contributed by atoms with Crippen LogP contribution in [0.5, 0.6) is 0 Å². The third-order valence-electron chi connectivity index (χ3n) is 6.34. The van der Waals surface area contributed by atoms with Gasteiger partial charge < -0.3 is 14.1 Å². The number of amides is 1. The number of ether oxygens (including phenoxy) is 1. The fourth-order valence-electron chi connectivity index (χ4n) is 4.45. The Morgan fingerprint density at radius 3 is 2.49 bits per heavy atom. The van der Waals surface area contributed by atoms with Crippen molar-refractivity contribution in [3.63, 3.8) is 0 Å². The van der Waals surface area contributed by atoms with E-state index in [1.54, 1.807) is 0 Å². The highest BCUT2D eigenvalue weighted by molar-refractivity contribution is 5.78. The van der Waals surface area contributed by atoms with Crippen molar-refractivity contribution < 1.29 is 13.9 Å². The minimum Gasteiger partial charge on any atom is -0.464 e. The molecule has 0 aliphatic carbocycles. The van der Waals surface area contributed by atoms with E-state index in [1.807, 2.05) is 66.4 Å². The molecule has 1 aromatic heterocycles. The lowest BCUT2D eigenvalue weighted by Crippen LogP contribution is -2.43. The maximum atomic E-state index is 13.6. The maximum Gasteiger partial charge on any atom is 0.237 e. The molecule has 2 aromatic carbocycles. The van der Waals surface area contributed by atoms with Crippen molar-refractivity contribution in [1.29, 1.82) is 5.26 Å². The second-order valence-corrected chi connectivity index (χ2v) is 9.18. The van der Waals surface area contributed by atoms with Crippen molar-refractivity contribution in [3.05, 3.63) is 94.9 Å². The third-order valence-corrected chi connectivity index (χ3v) is 6.34. The zero-order chi connectivity index (χ0) is 24.5. The van der Waals surface area contributed by atoms with Gasteiger partial charge in [-0.05, 0) is 61.6 Å². The van der Waals surface area contributed by atoms with Crippen LogP contribution in [0.2, 0.25) is 0 Å². The Morgan fingerprint density at radius 1 is 1.03 bits per heavy atom. The topological polar surface area (TPSA) is 69.7 Å². The van der Waals surface area contributed by atoms with Crippen molar-refractivity contribution in [3.8, 4) is 6.07 Å². The van der Waals surface area contributed by atoms with E-state index in [1.165, 1.54) is 5.56 Å². The van der Waals surface area contributed by atoms with Crippen LogP contribution < -0.4 is 0 Å². The van der Waals surface area contributed by atoms with Gasteiger partial charge in [0.05, 0.1) is 30.8 Å². The van der Waals surface area contributed by atoms with E-state index >= 15 is 0 Å². The summed E-state index contributed by atoms with van der Waals surface area (Å²) in [6, 6.07) is 23.9. The number of carbonyl (C=O) groups is 1. The third kappa shape index (κ3) is 7.54. The summed E-state index contributed by atoms with van der Waals surface area (Å²) in [5.41, 5.74) is 2.92. The number of rotatable bonds is 11. The van der Waals surface area contributed by atoms with Gasteiger partial charge in [0.1, 0.15) is 11.5 Å². The quantitative estimate of drug-likeness (QED) is 0.405. The molecular weight excluding hydrogens is 438 g/mol. The van der Waals surface area contributed by atoms with Crippen LogP contribution in [0.4, 0.5) is 0 Å². The lowest BCUT2D eigenvalue weighted by molar-refractivity contribution is -0.133. The normalized spacial score (nSPS) is 15.3. The molecule has 4 rings (SSSR count). The summed E-state index contributed by atoms with van der Waals surface area (Å²) in [5, 5.41) is 9.10. The predicted octanol–water partition coefficient (Wildman–Crippen LogP) is 4.71. The second kappa shape index (κ2) is 12.3. The van der Waals surface area contributed by atoms with E-state index < -0.39 is 0 Å². The van der Waals surface area contributed by atoms with Crippen LogP contribution in [-0.4, -0.2) is 48.1 Å². The first-order valence-electron chi connectivity index (χ1n) is 12.3. The molecule has 1 fully saturated rings. The van der Waals surface area contributed by atoms with Crippen LogP contribution in [0.3, 0.4) is 0 Å². The van der Waals surface area contributed by atoms with Crippen LogP contribution in [0.25, 0.3) is 0 Å². The SMILES string of the molecule is Cc1ccc(CN(CCc2ccccc2)C(=O)CN(Cc2ccc(C#N)cc2)C[C@H]2CCCO2)o1. The summed E-state index contributed by atoms with van der Waals surface area (Å²) < 4.78 is 11.7. The van der Waals surface area contributed by atoms with Crippen LogP contribution in [0, 0.1) is 18.3 Å². The van der Waals surface area contributed by atoms with Crippen molar-refractivity contribution in [2.75, 3.05) is 26.2 Å². The molecule has 0 N–H and O–H groups in total. The van der Waals surface area contributed by atoms with E-state index in [-0.39, 0.29) is 12.0 Å². The smallest absolute Gasteiger partial charge is 0.237 e. The number of furan rings is 1. The minimum absolute atomic E-state index is 0.0710. The van der Waals surface area contributed by atoms with Crippen molar-refractivity contribution in [2.24, 2.45) is 0 Å². The molecule has 1 saturated heterocycles. The fraction of sp³-hybridized carbons (Fsp3) is 0.379. The molecule has 0 saturated carbocycles. The Morgan fingerprint density at radius 2 is 1.83 bits per heavy atom. The van der Waals surface area contributed by atoms with Gasteiger partial charge in [-0.1, -0.05) is 42.5 Å². The van der Waals surface area contributed by atoms with Gasteiger partial charge in [-0.15, -0.1) is 0 Å². The van der Waals surface area contributed by atoms with Gasteiger partial charge >= 0.3 is 0 Å². The molecule has 1 aliphatic rings. The number of benzene rings is 2. The molecular formula is C29H33N3O3. The van der Waals surface area contributed by atoms with Gasteiger partial charge in [-0.3, -0.25) is 9.69 Å². The number of carbonyl (C=O) groups excluding carboxylic acids is 1. The standard InChI is InChI=1S/C29H33N3O3/c1-23-9-14-28(35-23)21-32(16-15-24-6-3-2-4-7-24)29(33)22-31(20-27-8-5-17-34-27)19-26-12-10-25(18-30)11-13-26/h2-4,6-7,9-14,27H,5,8,15-17,19-22H2,1H3/t27-/m1/s1. The van der Waals surface area contributed by atoms with Gasteiger partial charge in [0.15, 0.2) is 0 Å². The van der Waals surface area contributed by atoms with Crippen molar-refractivity contribution in [2.45, 2.75) is 45.4 Å². The summed E-state index contributed by atoms with van der Waals surface area (Å²) in [4.78, 5) is 17.7. The van der Waals surface area contributed by atoms with E-state index in [4.69, 9.17) is 14.4 Å². The zero-order valence-electron chi connectivity index (χ0n) is 20.4. The lowest BCUT2D eigenvalue weighted by atomic mass is 10.1. The fourth-order valence-corrected chi connectivity index (χ4v) is 4.45. The lowest BCUT2D eigenvalue weighted by Gasteiger charge is -2.29. The zero-order valence-corrected chi connectivity index (χ0v) is 20.4. The summed E-state index contributed by atoms with van der Waals surface area (Å²) >= 11 is 0. The van der Waals surface area contributed by atoms with Crippen molar-refractivity contribution >= 4 is 5.91 Å². The average Bonchev–Trinajstić information content (AvgIpc) is 3.54. The van der Waals surface area contributed by atoms with Crippen LogP contribution in [0.1, 0.15) is 41.1 Å². The Kier molecular flexibility index (Phi) is 8.72. The molecule has 1 atom stereocenters. The molecule has 6 nitrogen and oxygen atoms in total. The molecule has 1 aliphatic heterocycles. The Balaban J connectivity index is 1.47. The predicted molar refractivity (Wildman–Crippen MR) is 134 cm³/mol. The van der Waals surface area contributed by atoms with E-state index in [0.717, 1.165) is 43.0 Å². The average molecular weight is 472 g/mol. The number of hydrogen-bond acceptors (Lipinski definition) is 5. The number of aryl methyl sites for hydroxylation is 1. The number of nitriles is 1. The minimum atomic E-state index is 0.0710. The Hall–Kier alpha value is -3.40. The Labute approximate surface area is 207 Å². The summed E-state index contributed by atoms with van der Waals surface area (Å²) in [5.74, 6) is 1.71. The number of nitrogens with zero attached hydrogens (tertiary/aromatic N) is 3. The monoisotopic (exact) mass is 471 g/mol. The number of hydrogen-bond donors (Lipinski definition) is 0. The highest BCUT2D eigenvalue weighted by atomic mass is 16.5. The molecule has 0 unspecified atom stereocenters. The molecule has 0 bridgehead atoms. The molecule has 6 heteroatoms. The molecule has 35 heavy (non-hydrogen) atoms. The summed E-state index contributed by atoms with van der Waals surface area (Å²) in [6.45, 7) is 5.40. The first kappa shape index (κ1) is 24.7. The van der Waals surface area contributed by atoms with Gasteiger partial charge in [0, 0.05) is 26.2 Å². The Bertz CT molecular complexity index is 1110. The summed E-state index contributed by atoms with van der Waals surface area (Å²) in [7, 11) is 0. The van der Waals surface area contributed by atoms with Crippen LogP contribution in [-0.2, 0) is 29.0 Å². The van der Waals surface area contributed by atoms with E-state index in [9.17, 15) is 4.79 Å². The first-order chi connectivity index (χ1) is 17.1. The van der Waals surface area contributed by atoms with Crippen LogP contribution in [0.15, 0.2) is 71.1 Å². The van der Waals surface area contributed by atoms with Crippen LogP contribution >= 0.6 is 0 Å².